The first-order valence-corrected chi connectivity index (χ1v) is 12.4. The minimum Gasteiger partial charge on any atom is -0.382 e. The van der Waals surface area contributed by atoms with Crippen molar-refractivity contribution in [2.75, 3.05) is 77.8 Å². The standard InChI is InChI=1S/C26H31F3N4O6/c1-18-21(25(36)33(24(18)35)20-4-3-19(16-30)22(15-20)26(27,28)29)5-6-31-7-9-32(10-8-31)23(34)17-39-14-13-38-12-11-37-2/h3-4,15H,5-14,17H2,1-2H3. The monoisotopic (exact) mass is 552 g/mol. The third kappa shape index (κ3) is 7.63. The lowest BCUT2D eigenvalue weighted by Crippen LogP contribution is -2.50. The zero-order valence-electron chi connectivity index (χ0n) is 21.9. The van der Waals surface area contributed by atoms with Gasteiger partial charge in [-0.2, -0.15) is 18.4 Å². The lowest BCUT2D eigenvalue weighted by atomic mass is 10.1. The molecule has 0 atom stereocenters. The number of anilines is 1. The number of imide groups is 1. The van der Waals surface area contributed by atoms with Gasteiger partial charge >= 0.3 is 6.18 Å². The molecule has 2 heterocycles. The van der Waals surface area contributed by atoms with Crippen molar-refractivity contribution in [3.63, 3.8) is 0 Å². The Bertz CT molecular complexity index is 1140. The first kappa shape index (κ1) is 30.2. The van der Waals surface area contributed by atoms with Crippen LogP contribution < -0.4 is 4.90 Å². The van der Waals surface area contributed by atoms with Crippen LogP contribution in [0.5, 0.6) is 0 Å². The van der Waals surface area contributed by atoms with E-state index in [1.807, 2.05) is 0 Å². The number of alkyl halides is 3. The summed E-state index contributed by atoms with van der Waals surface area (Å²) < 4.78 is 55.7. The van der Waals surface area contributed by atoms with E-state index in [0.29, 0.717) is 65.2 Å². The van der Waals surface area contributed by atoms with Crippen molar-refractivity contribution in [2.45, 2.75) is 19.5 Å². The van der Waals surface area contributed by atoms with E-state index in [1.54, 1.807) is 12.0 Å². The van der Waals surface area contributed by atoms with Gasteiger partial charge in [-0.15, -0.1) is 0 Å². The summed E-state index contributed by atoms with van der Waals surface area (Å²) in [6.07, 6.45) is -4.58. The summed E-state index contributed by atoms with van der Waals surface area (Å²) in [6.45, 7) is 5.58. The molecule has 2 aliphatic heterocycles. The summed E-state index contributed by atoms with van der Waals surface area (Å²) in [5.74, 6) is -1.49. The largest absolute Gasteiger partial charge is 0.417 e. The predicted octanol–water partition coefficient (Wildman–Crippen LogP) is 1.98. The average molecular weight is 553 g/mol. The van der Waals surface area contributed by atoms with Gasteiger partial charge in [0.25, 0.3) is 11.8 Å². The second kappa shape index (κ2) is 13.7. The maximum atomic E-state index is 13.4. The second-order valence-corrected chi connectivity index (χ2v) is 9.02. The third-order valence-corrected chi connectivity index (χ3v) is 6.56. The number of hydrogen-bond donors (Lipinski definition) is 0. The van der Waals surface area contributed by atoms with E-state index >= 15 is 0 Å². The average Bonchev–Trinajstić information content (AvgIpc) is 3.13. The molecule has 10 nitrogen and oxygen atoms in total. The lowest BCUT2D eigenvalue weighted by molar-refractivity contribution is -0.139. The molecule has 3 amide bonds. The number of nitriles is 1. The fourth-order valence-electron chi connectivity index (χ4n) is 4.32. The molecule has 3 rings (SSSR count). The molecule has 1 fully saturated rings. The van der Waals surface area contributed by atoms with Gasteiger partial charge in [-0.3, -0.25) is 19.3 Å². The Labute approximate surface area is 224 Å². The number of benzene rings is 1. The fourth-order valence-corrected chi connectivity index (χ4v) is 4.32. The molecule has 0 spiro atoms. The van der Waals surface area contributed by atoms with Crippen LogP contribution in [0.3, 0.4) is 0 Å². The third-order valence-electron chi connectivity index (χ3n) is 6.56. The van der Waals surface area contributed by atoms with Gasteiger partial charge in [0, 0.05) is 51.0 Å². The van der Waals surface area contributed by atoms with Gasteiger partial charge < -0.3 is 19.1 Å². The van der Waals surface area contributed by atoms with Crippen molar-refractivity contribution in [3.8, 4) is 6.07 Å². The van der Waals surface area contributed by atoms with Gasteiger partial charge in [0.1, 0.15) is 6.61 Å². The normalized spacial score (nSPS) is 16.8. The molecule has 13 heteroatoms. The second-order valence-electron chi connectivity index (χ2n) is 9.02. The minimum atomic E-state index is -4.81. The van der Waals surface area contributed by atoms with Gasteiger partial charge in [-0.25, -0.2) is 4.90 Å². The van der Waals surface area contributed by atoms with Crippen LogP contribution >= 0.6 is 0 Å². The van der Waals surface area contributed by atoms with Crippen molar-refractivity contribution in [1.82, 2.24) is 9.80 Å². The van der Waals surface area contributed by atoms with Gasteiger partial charge in [0.15, 0.2) is 0 Å². The summed E-state index contributed by atoms with van der Waals surface area (Å²) in [5, 5.41) is 9.00. The van der Waals surface area contributed by atoms with Crippen LogP contribution in [0.15, 0.2) is 29.3 Å². The molecular formula is C26H31F3N4O6. The quantitative estimate of drug-likeness (QED) is 0.286. The molecule has 39 heavy (non-hydrogen) atoms. The number of halogens is 3. The molecule has 0 N–H and O–H groups in total. The van der Waals surface area contributed by atoms with Gasteiger partial charge in [0.05, 0.1) is 49.3 Å². The van der Waals surface area contributed by atoms with E-state index in [9.17, 15) is 27.6 Å². The zero-order valence-corrected chi connectivity index (χ0v) is 21.9. The molecule has 2 aliphatic rings. The topological polar surface area (TPSA) is 112 Å². The molecule has 0 radical (unpaired) electrons. The van der Waals surface area contributed by atoms with Crippen molar-refractivity contribution in [1.29, 1.82) is 5.26 Å². The highest BCUT2D eigenvalue weighted by atomic mass is 19.4. The van der Waals surface area contributed by atoms with Gasteiger partial charge in [0.2, 0.25) is 5.91 Å². The Morgan fingerprint density at radius 3 is 2.33 bits per heavy atom. The van der Waals surface area contributed by atoms with Gasteiger partial charge in [-0.1, -0.05) is 0 Å². The number of ether oxygens (including phenoxy) is 3. The molecule has 212 valence electrons. The summed E-state index contributed by atoms with van der Waals surface area (Å²) in [5.41, 5.74) is -1.62. The number of rotatable bonds is 12. The van der Waals surface area contributed by atoms with Crippen LogP contribution in [0.2, 0.25) is 0 Å². The maximum Gasteiger partial charge on any atom is 0.417 e. The number of carbonyl (C=O) groups excluding carboxylic acids is 3. The number of methoxy groups -OCH3 is 1. The summed E-state index contributed by atoms with van der Waals surface area (Å²) in [7, 11) is 1.58. The van der Waals surface area contributed by atoms with Crippen molar-refractivity contribution < 1.29 is 41.8 Å². The van der Waals surface area contributed by atoms with Crippen LogP contribution in [0.4, 0.5) is 18.9 Å². The van der Waals surface area contributed by atoms with E-state index in [2.05, 4.69) is 4.90 Å². The van der Waals surface area contributed by atoms with Crippen molar-refractivity contribution in [2.24, 2.45) is 0 Å². The molecule has 0 bridgehead atoms. The highest BCUT2D eigenvalue weighted by molar-refractivity contribution is 6.32. The highest BCUT2D eigenvalue weighted by Gasteiger charge is 2.39. The number of nitrogens with zero attached hydrogens (tertiary/aromatic N) is 4. The van der Waals surface area contributed by atoms with E-state index in [-0.39, 0.29) is 35.8 Å². The molecule has 1 aromatic rings. The first-order valence-electron chi connectivity index (χ1n) is 12.4. The number of carbonyl (C=O) groups is 3. The predicted molar refractivity (Wildman–Crippen MR) is 133 cm³/mol. The lowest BCUT2D eigenvalue weighted by Gasteiger charge is -2.34. The highest BCUT2D eigenvalue weighted by Crippen LogP contribution is 2.36. The van der Waals surface area contributed by atoms with Crippen LogP contribution in [0, 0.1) is 11.3 Å². The molecular weight excluding hydrogens is 521 g/mol. The molecule has 0 unspecified atom stereocenters. The fraction of sp³-hybridized carbons (Fsp3) is 0.538. The van der Waals surface area contributed by atoms with E-state index in [1.165, 1.54) is 13.0 Å². The van der Waals surface area contributed by atoms with Crippen molar-refractivity contribution in [3.05, 3.63) is 40.5 Å². The van der Waals surface area contributed by atoms with Crippen LogP contribution in [0.1, 0.15) is 24.5 Å². The molecule has 1 saturated heterocycles. The number of hydrogen-bond acceptors (Lipinski definition) is 8. The Balaban J connectivity index is 1.49. The van der Waals surface area contributed by atoms with E-state index < -0.39 is 29.1 Å². The maximum absolute atomic E-state index is 13.4. The first-order chi connectivity index (χ1) is 18.6. The van der Waals surface area contributed by atoms with Crippen molar-refractivity contribution >= 4 is 23.4 Å². The molecule has 0 aliphatic carbocycles. The molecule has 1 aromatic carbocycles. The Morgan fingerprint density at radius 1 is 1.03 bits per heavy atom. The number of amides is 3. The van der Waals surface area contributed by atoms with E-state index in [4.69, 9.17) is 19.5 Å². The Hall–Kier alpha value is -3.31. The van der Waals surface area contributed by atoms with Gasteiger partial charge in [-0.05, 0) is 31.5 Å². The Kier molecular flexibility index (Phi) is 10.6. The van der Waals surface area contributed by atoms with Crippen LogP contribution in [-0.2, 0) is 34.8 Å². The summed E-state index contributed by atoms with van der Waals surface area (Å²) in [4.78, 5) is 42.7. The molecule has 0 saturated carbocycles. The Morgan fingerprint density at radius 2 is 1.69 bits per heavy atom. The van der Waals surface area contributed by atoms with Crippen LogP contribution in [0.25, 0.3) is 0 Å². The SMILES string of the molecule is COCCOCCOCC(=O)N1CCN(CCC2=C(C)C(=O)N(c3ccc(C#N)c(C(F)(F)F)c3)C2=O)CC1. The molecule has 0 aromatic heterocycles. The summed E-state index contributed by atoms with van der Waals surface area (Å²) >= 11 is 0. The van der Waals surface area contributed by atoms with Crippen LogP contribution in [-0.4, -0.2) is 100 Å². The minimum absolute atomic E-state index is 0.0441. The summed E-state index contributed by atoms with van der Waals surface area (Å²) in [6, 6.07) is 4.25. The number of piperazine rings is 1. The smallest absolute Gasteiger partial charge is 0.382 e. The van der Waals surface area contributed by atoms with E-state index in [0.717, 1.165) is 17.0 Å². The zero-order chi connectivity index (χ0) is 28.6.